The first kappa shape index (κ1) is 10.0. The fraction of sp³-hybridized carbons (Fsp3) is 0.800. The summed E-state index contributed by atoms with van der Waals surface area (Å²) in [4.78, 5) is 25.0. The number of imide groups is 1. The van der Waals surface area contributed by atoms with E-state index in [1.807, 2.05) is 0 Å². The molecule has 0 aromatic heterocycles. The predicted molar refractivity (Wildman–Crippen MR) is 56.0 cm³/mol. The number of hydrogen-bond donors (Lipinski definition) is 1. The SMILES string of the molecule is O=C1C2CCCC(C2)C(=O)N1CCS. The Bertz CT molecular complexity index is 245. The summed E-state index contributed by atoms with van der Waals surface area (Å²) >= 11 is 4.07. The van der Waals surface area contributed by atoms with E-state index < -0.39 is 0 Å². The normalized spacial score (nSPS) is 32.2. The van der Waals surface area contributed by atoms with Crippen molar-refractivity contribution in [2.45, 2.75) is 25.7 Å². The number of thiol groups is 1. The summed E-state index contributed by atoms with van der Waals surface area (Å²) in [5.41, 5.74) is 0. The summed E-state index contributed by atoms with van der Waals surface area (Å²) in [7, 11) is 0. The van der Waals surface area contributed by atoms with Crippen molar-refractivity contribution >= 4 is 24.4 Å². The van der Waals surface area contributed by atoms with Gasteiger partial charge >= 0.3 is 0 Å². The fourth-order valence-electron chi connectivity index (χ4n) is 2.51. The van der Waals surface area contributed by atoms with Crippen molar-refractivity contribution < 1.29 is 9.59 Å². The van der Waals surface area contributed by atoms with E-state index in [-0.39, 0.29) is 23.7 Å². The van der Waals surface area contributed by atoms with Crippen LogP contribution in [-0.2, 0) is 9.59 Å². The highest BCUT2D eigenvalue weighted by molar-refractivity contribution is 7.80. The second kappa shape index (κ2) is 3.93. The lowest BCUT2D eigenvalue weighted by molar-refractivity contribution is -0.157. The van der Waals surface area contributed by atoms with Crippen LogP contribution in [0, 0.1) is 11.8 Å². The van der Waals surface area contributed by atoms with Crippen LogP contribution in [0.3, 0.4) is 0 Å². The van der Waals surface area contributed by atoms with Crippen LogP contribution in [0.5, 0.6) is 0 Å². The molecular formula is C10H15NO2S. The second-order valence-corrected chi connectivity index (χ2v) is 4.56. The lowest BCUT2D eigenvalue weighted by Gasteiger charge is -2.38. The highest BCUT2D eigenvalue weighted by Crippen LogP contribution is 2.35. The van der Waals surface area contributed by atoms with Crippen molar-refractivity contribution in [3.63, 3.8) is 0 Å². The van der Waals surface area contributed by atoms with Gasteiger partial charge in [0.15, 0.2) is 0 Å². The minimum atomic E-state index is 0.0417. The molecule has 0 aromatic rings. The van der Waals surface area contributed by atoms with Crippen molar-refractivity contribution in [2.24, 2.45) is 11.8 Å². The third kappa shape index (κ3) is 1.56. The molecule has 3 nitrogen and oxygen atoms in total. The average molecular weight is 213 g/mol. The van der Waals surface area contributed by atoms with Gasteiger partial charge in [-0.1, -0.05) is 6.42 Å². The molecule has 2 atom stereocenters. The number of amides is 2. The van der Waals surface area contributed by atoms with Gasteiger partial charge in [0.25, 0.3) is 0 Å². The molecule has 1 saturated heterocycles. The van der Waals surface area contributed by atoms with Gasteiger partial charge in [0.2, 0.25) is 11.8 Å². The van der Waals surface area contributed by atoms with E-state index >= 15 is 0 Å². The molecule has 1 aliphatic heterocycles. The Kier molecular flexibility index (Phi) is 2.81. The number of piperidine rings is 1. The van der Waals surface area contributed by atoms with Crippen LogP contribution in [0.4, 0.5) is 0 Å². The van der Waals surface area contributed by atoms with Gasteiger partial charge in [-0.15, -0.1) is 0 Å². The molecule has 2 amide bonds. The van der Waals surface area contributed by atoms with E-state index in [9.17, 15) is 9.59 Å². The maximum Gasteiger partial charge on any atom is 0.232 e. The number of likely N-dealkylation sites (tertiary alicyclic amines) is 1. The van der Waals surface area contributed by atoms with Crippen LogP contribution in [0.2, 0.25) is 0 Å². The Hall–Kier alpha value is -0.510. The Morgan fingerprint density at radius 2 is 1.79 bits per heavy atom. The maximum atomic E-state index is 11.8. The lowest BCUT2D eigenvalue weighted by atomic mass is 9.77. The zero-order valence-corrected chi connectivity index (χ0v) is 9.00. The van der Waals surface area contributed by atoms with Gasteiger partial charge in [0, 0.05) is 24.1 Å². The zero-order valence-electron chi connectivity index (χ0n) is 8.11. The van der Waals surface area contributed by atoms with Crippen LogP contribution < -0.4 is 0 Å². The third-order valence-corrected chi connectivity index (χ3v) is 3.43. The summed E-state index contributed by atoms with van der Waals surface area (Å²) in [5.74, 6) is 0.884. The Balaban J connectivity index is 2.16. The largest absolute Gasteiger partial charge is 0.281 e. The molecular weight excluding hydrogens is 198 g/mol. The molecule has 1 heterocycles. The molecule has 4 heteroatoms. The number of rotatable bonds is 2. The standard InChI is InChI=1S/C10H15NO2S/c12-9-7-2-1-3-8(6-7)10(13)11(9)4-5-14/h7-8,14H,1-6H2. The molecule has 0 radical (unpaired) electrons. The van der Waals surface area contributed by atoms with Gasteiger partial charge in [0.05, 0.1) is 0 Å². The van der Waals surface area contributed by atoms with E-state index in [2.05, 4.69) is 12.6 Å². The Morgan fingerprint density at radius 1 is 1.21 bits per heavy atom. The quantitative estimate of drug-likeness (QED) is 0.551. The number of carbonyl (C=O) groups is 2. The average Bonchev–Trinajstić information content (AvgIpc) is 2.23. The van der Waals surface area contributed by atoms with Crippen molar-refractivity contribution in [3.05, 3.63) is 0 Å². The van der Waals surface area contributed by atoms with E-state index in [4.69, 9.17) is 0 Å². The van der Waals surface area contributed by atoms with E-state index in [1.54, 1.807) is 0 Å². The van der Waals surface area contributed by atoms with Crippen molar-refractivity contribution in [1.29, 1.82) is 0 Å². The molecule has 2 fully saturated rings. The van der Waals surface area contributed by atoms with Crippen molar-refractivity contribution in [2.75, 3.05) is 12.3 Å². The number of fused-ring (bicyclic) bond motifs is 2. The molecule has 2 unspecified atom stereocenters. The van der Waals surface area contributed by atoms with Crippen LogP contribution in [0.25, 0.3) is 0 Å². The summed E-state index contributed by atoms with van der Waals surface area (Å²) in [6.45, 7) is 0.480. The summed E-state index contributed by atoms with van der Waals surface area (Å²) in [6.07, 6.45) is 3.75. The van der Waals surface area contributed by atoms with Crippen LogP contribution in [0.1, 0.15) is 25.7 Å². The molecule has 0 N–H and O–H groups in total. The molecule has 1 saturated carbocycles. The molecule has 1 aliphatic carbocycles. The van der Waals surface area contributed by atoms with Crippen LogP contribution in [0.15, 0.2) is 0 Å². The highest BCUT2D eigenvalue weighted by Gasteiger charge is 2.42. The first-order valence-electron chi connectivity index (χ1n) is 5.20. The molecule has 14 heavy (non-hydrogen) atoms. The number of hydrogen-bond acceptors (Lipinski definition) is 3. The Labute approximate surface area is 89.3 Å². The first-order chi connectivity index (χ1) is 6.74. The number of carbonyl (C=O) groups excluding carboxylic acids is 2. The second-order valence-electron chi connectivity index (χ2n) is 4.11. The fourth-order valence-corrected chi connectivity index (χ4v) is 2.71. The predicted octanol–water partition coefficient (Wildman–Crippen LogP) is 1.09. The Morgan fingerprint density at radius 3 is 2.29 bits per heavy atom. The topological polar surface area (TPSA) is 37.4 Å². The molecule has 2 bridgehead atoms. The molecule has 2 aliphatic rings. The maximum absolute atomic E-state index is 11.8. The number of nitrogens with zero attached hydrogens (tertiary/aromatic N) is 1. The van der Waals surface area contributed by atoms with Gasteiger partial charge in [-0.3, -0.25) is 14.5 Å². The molecule has 0 spiro atoms. The van der Waals surface area contributed by atoms with E-state index in [0.29, 0.717) is 12.3 Å². The summed E-state index contributed by atoms with van der Waals surface area (Å²) < 4.78 is 0. The minimum absolute atomic E-state index is 0.0417. The monoisotopic (exact) mass is 213 g/mol. The van der Waals surface area contributed by atoms with Crippen LogP contribution >= 0.6 is 12.6 Å². The van der Waals surface area contributed by atoms with Crippen molar-refractivity contribution in [3.8, 4) is 0 Å². The van der Waals surface area contributed by atoms with Crippen molar-refractivity contribution in [1.82, 2.24) is 4.90 Å². The highest BCUT2D eigenvalue weighted by atomic mass is 32.1. The van der Waals surface area contributed by atoms with Gasteiger partial charge in [-0.05, 0) is 19.3 Å². The van der Waals surface area contributed by atoms with Crippen LogP contribution in [-0.4, -0.2) is 29.0 Å². The van der Waals surface area contributed by atoms with E-state index in [0.717, 1.165) is 25.7 Å². The first-order valence-corrected chi connectivity index (χ1v) is 5.83. The van der Waals surface area contributed by atoms with E-state index in [1.165, 1.54) is 4.90 Å². The summed E-state index contributed by atoms with van der Waals surface area (Å²) in [5, 5.41) is 0. The minimum Gasteiger partial charge on any atom is -0.281 e. The van der Waals surface area contributed by atoms with Gasteiger partial charge < -0.3 is 0 Å². The molecule has 2 rings (SSSR count). The van der Waals surface area contributed by atoms with Gasteiger partial charge in [0.1, 0.15) is 0 Å². The molecule has 0 aromatic carbocycles. The lowest BCUT2D eigenvalue weighted by Crippen LogP contribution is -2.51. The zero-order chi connectivity index (χ0) is 10.1. The smallest absolute Gasteiger partial charge is 0.232 e. The third-order valence-electron chi connectivity index (χ3n) is 3.23. The van der Waals surface area contributed by atoms with Gasteiger partial charge in [-0.25, -0.2) is 0 Å². The molecule has 78 valence electrons. The summed E-state index contributed by atoms with van der Waals surface area (Å²) in [6, 6.07) is 0. The van der Waals surface area contributed by atoms with Gasteiger partial charge in [-0.2, -0.15) is 12.6 Å².